The highest BCUT2D eigenvalue weighted by molar-refractivity contribution is 6.39. The minimum absolute atomic E-state index is 0.0127. The van der Waals surface area contributed by atoms with Crippen LogP contribution in [0.5, 0.6) is 0 Å². The van der Waals surface area contributed by atoms with E-state index in [0.717, 1.165) is 12.8 Å². The first-order valence-electron chi connectivity index (χ1n) is 11.5. The number of nitrogens with two attached hydrogens (primary N) is 1. The van der Waals surface area contributed by atoms with Gasteiger partial charge in [-0.2, -0.15) is 5.26 Å². The van der Waals surface area contributed by atoms with Gasteiger partial charge in [0.15, 0.2) is 0 Å². The quantitative estimate of drug-likeness (QED) is 0.193. The van der Waals surface area contributed by atoms with Crippen LogP contribution in [-0.4, -0.2) is 40.9 Å². The van der Waals surface area contributed by atoms with Gasteiger partial charge in [0, 0.05) is 24.1 Å². The zero-order chi connectivity index (χ0) is 26.9. The largest absolute Gasteiger partial charge is 0.480 e. The van der Waals surface area contributed by atoms with E-state index in [2.05, 4.69) is 20.9 Å². The fourth-order valence-corrected chi connectivity index (χ4v) is 4.71. The van der Waals surface area contributed by atoms with E-state index in [1.165, 1.54) is 12.1 Å². The van der Waals surface area contributed by atoms with Gasteiger partial charge in [-0.3, -0.25) is 9.59 Å². The van der Waals surface area contributed by atoms with Crippen molar-refractivity contribution in [2.45, 2.75) is 44.2 Å². The van der Waals surface area contributed by atoms with E-state index >= 15 is 0 Å². The second kappa shape index (κ2) is 12.9. The molecular weight excluding hydrogens is 519 g/mol. The average molecular weight is 545 g/mol. The zero-order valence-corrected chi connectivity index (χ0v) is 21.2. The maximum atomic E-state index is 12.7. The van der Waals surface area contributed by atoms with Gasteiger partial charge in [0.25, 0.3) is 5.91 Å². The Balaban J connectivity index is 1.54. The van der Waals surface area contributed by atoms with Crippen LogP contribution in [0.1, 0.15) is 41.6 Å². The third kappa shape index (κ3) is 7.84. The van der Waals surface area contributed by atoms with Crippen LogP contribution in [0.15, 0.2) is 47.5 Å². The zero-order valence-electron chi connectivity index (χ0n) is 19.7. The van der Waals surface area contributed by atoms with Gasteiger partial charge in [-0.15, -0.1) is 4.99 Å². The number of guanidine groups is 1. The summed E-state index contributed by atoms with van der Waals surface area (Å²) in [6.07, 6.45) is 4.42. The van der Waals surface area contributed by atoms with Crippen LogP contribution < -0.4 is 21.7 Å². The van der Waals surface area contributed by atoms with E-state index in [0.29, 0.717) is 24.1 Å². The van der Waals surface area contributed by atoms with Gasteiger partial charge in [0.1, 0.15) is 6.04 Å². The Labute approximate surface area is 223 Å². The fourth-order valence-electron chi connectivity index (χ4n) is 4.14. The Morgan fingerprint density at radius 1 is 1.08 bits per heavy atom. The lowest BCUT2D eigenvalue weighted by atomic mass is 9.85. The van der Waals surface area contributed by atoms with E-state index in [4.69, 9.17) is 34.2 Å². The second-order valence-corrected chi connectivity index (χ2v) is 9.46. The molecule has 0 bridgehead atoms. The normalized spacial score (nSPS) is 18.2. The van der Waals surface area contributed by atoms with Crippen molar-refractivity contribution in [1.29, 1.82) is 5.26 Å². The first-order chi connectivity index (χ1) is 17.7. The van der Waals surface area contributed by atoms with Gasteiger partial charge in [-0.05, 0) is 55.5 Å². The Morgan fingerprint density at radius 2 is 1.70 bits per heavy atom. The summed E-state index contributed by atoms with van der Waals surface area (Å²) in [4.78, 5) is 40.5. The lowest BCUT2D eigenvalue weighted by Crippen LogP contribution is -2.43. The molecule has 0 saturated heterocycles. The molecule has 1 aliphatic carbocycles. The molecule has 12 heteroatoms. The number of hydrogen-bond donors (Lipinski definition) is 5. The third-order valence-electron chi connectivity index (χ3n) is 6.07. The summed E-state index contributed by atoms with van der Waals surface area (Å²) in [5.41, 5.74) is 6.85. The van der Waals surface area contributed by atoms with Crippen molar-refractivity contribution in [3.8, 4) is 6.19 Å². The molecule has 0 aromatic heterocycles. The van der Waals surface area contributed by atoms with Gasteiger partial charge in [0.05, 0.1) is 15.6 Å². The molecule has 1 fully saturated rings. The monoisotopic (exact) mass is 544 g/mol. The van der Waals surface area contributed by atoms with Crippen molar-refractivity contribution >= 4 is 52.6 Å². The molecule has 2 aromatic carbocycles. The van der Waals surface area contributed by atoms with Gasteiger partial charge in [-0.1, -0.05) is 41.4 Å². The van der Waals surface area contributed by atoms with Gasteiger partial charge in [0.2, 0.25) is 18.1 Å². The molecular formula is C25H26Cl2N6O4. The van der Waals surface area contributed by atoms with Crippen LogP contribution in [0, 0.1) is 17.4 Å². The summed E-state index contributed by atoms with van der Waals surface area (Å²) in [5, 5.41) is 26.7. The number of benzene rings is 2. The lowest BCUT2D eigenvalue weighted by Gasteiger charge is -2.28. The van der Waals surface area contributed by atoms with Crippen molar-refractivity contribution in [3.63, 3.8) is 0 Å². The van der Waals surface area contributed by atoms with Crippen molar-refractivity contribution in [2.24, 2.45) is 16.6 Å². The average Bonchev–Trinajstić information content (AvgIpc) is 2.85. The molecule has 1 saturated carbocycles. The molecule has 2 aromatic rings. The van der Waals surface area contributed by atoms with Gasteiger partial charge < -0.3 is 26.8 Å². The summed E-state index contributed by atoms with van der Waals surface area (Å²) in [6.45, 7) is 0. The number of carboxylic acids is 1. The highest BCUT2D eigenvalue weighted by Gasteiger charge is 2.27. The molecule has 1 atom stereocenters. The Kier molecular flexibility index (Phi) is 9.71. The predicted molar refractivity (Wildman–Crippen MR) is 140 cm³/mol. The summed E-state index contributed by atoms with van der Waals surface area (Å²) >= 11 is 12.1. The van der Waals surface area contributed by atoms with Crippen molar-refractivity contribution in [1.82, 2.24) is 10.6 Å². The number of amides is 2. The number of carbonyl (C=O) groups excluding carboxylic acids is 2. The second-order valence-electron chi connectivity index (χ2n) is 8.64. The first kappa shape index (κ1) is 27.8. The van der Waals surface area contributed by atoms with Crippen LogP contribution in [-0.2, 0) is 16.0 Å². The number of hydrogen-bond acceptors (Lipinski definition) is 5. The minimum Gasteiger partial charge on any atom is -0.480 e. The van der Waals surface area contributed by atoms with E-state index in [1.54, 1.807) is 36.5 Å². The summed E-state index contributed by atoms with van der Waals surface area (Å²) in [7, 11) is 0. The Bertz CT molecular complexity index is 1200. The Morgan fingerprint density at radius 3 is 2.27 bits per heavy atom. The molecule has 0 heterocycles. The van der Waals surface area contributed by atoms with Gasteiger partial charge >= 0.3 is 5.97 Å². The molecule has 10 nitrogen and oxygen atoms in total. The number of carboxylic acid groups (broad SMARTS) is 1. The molecule has 37 heavy (non-hydrogen) atoms. The number of nitriles is 1. The highest BCUT2D eigenvalue weighted by atomic mass is 35.5. The minimum atomic E-state index is -1.21. The summed E-state index contributed by atoms with van der Waals surface area (Å²) in [5.74, 6) is -2.07. The smallest absolute Gasteiger partial charge is 0.326 e. The van der Waals surface area contributed by atoms with Crippen LogP contribution in [0.3, 0.4) is 0 Å². The van der Waals surface area contributed by atoms with Crippen molar-refractivity contribution in [3.05, 3.63) is 63.6 Å². The van der Waals surface area contributed by atoms with Crippen molar-refractivity contribution < 1.29 is 19.5 Å². The summed E-state index contributed by atoms with van der Waals surface area (Å²) in [6, 6.07) is 10.2. The van der Waals surface area contributed by atoms with Gasteiger partial charge in [-0.25, -0.2) is 4.79 Å². The maximum absolute atomic E-state index is 12.7. The number of aliphatic carboxylic acids is 1. The fraction of sp³-hybridized carbons (Fsp3) is 0.320. The van der Waals surface area contributed by atoms with E-state index in [1.807, 2.05) is 0 Å². The number of nitrogens with zero attached hydrogens (tertiary/aromatic N) is 2. The van der Waals surface area contributed by atoms with Crippen LogP contribution in [0.25, 0.3) is 0 Å². The number of aliphatic imine (C=N–C) groups is 1. The van der Waals surface area contributed by atoms with Crippen molar-refractivity contribution in [2.75, 3.05) is 5.32 Å². The highest BCUT2D eigenvalue weighted by Crippen LogP contribution is 2.26. The number of rotatable bonds is 8. The predicted octanol–water partition coefficient (Wildman–Crippen LogP) is 3.30. The third-order valence-corrected chi connectivity index (χ3v) is 6.70. The lowest BCUT2D eigenvalue weighted by molar-refractivity contribution is -0.139. The number of nitrogens with one attached hydrogen (secondary N) is 3. The maximum Gasteiger partial charge on any atom is 0.326 e. The first-order valence-corrected chi connectivity index (χ1v) is 12.3. The molecule has 0 aliphatic heterocycles. The van der Waals surface area contributed by atoms with E-state index < -0.39 is 17.9 Å². The van der Waals surface area contributed by atoms with Crippen LogP contribution in [0.4, 0.5) is 5.69 Å². The number of carbonyl (C=O) groups is 3. The topological polar surface area (TPSA) is 170 Å². The molecule has 1 aliphatic rings. The molecule has 0 radical (unpaired) electrons. The number of anilines is 1. The van der Waals surface area contributed by atoms with E-state index in [-0.39, 0.29) is 45.9 Å². The summed E-state index contributed by atoms with van der Waals surface area (Å²) < 4.78 is 0. The SMILES string of the molecule is N#C/N=C(\N)N[C@H]1CC[C@H](C(=O)Nc2ccc(C[C@H](NC(=O)c3c(Cl)cccc3Cl)C(=O)O)cc2)CC1. The standard InChI is InChI=1S/C25H26Cl2N6O4/c26-18-2-1-3-19(27)21(18)23(35)33-20(24(36)37)12-14-4-8-16(9-5-14)31-22(34)15-6-10-17(11-7-15)32-25(29)30-13-28/h1-5,8-9,15,17,20H,6-7,10-12H2,(H,31,34)(H,33,35)(H,36,37)(H3,29,30,32)/t15-,17-,20-/m0/s1. The molecule has 3 rings (SSSR count). The molecule has 6 N–H and O–H groups in total. The number of halogens is 2. The van der Waals surface area contributed by atoms with Crippen LogP contribution in [0.2, 0.25) is 10.0 Å². The van der Waals surface area contributed by atoms with Crippen LogP contribution >= 0.6 is 23.2 Å². The molecule has 0 unspecified atom stereocenters. The van der Waals surface area contributed by atoms with E-state index in [9.17, 15) is 19.5 Å². The Hall–Kier alpha value is -3.81. The molecule has 0 spiro atoms. The molecule has 194 valence electrons. The molecule has 2 amide bonds.